The molecule has 21 heavy (non-hydrogen) atoms. The fourth-order valence-corrected chi connectivity index (χ4v) is 2.81. The van der Waals surface area contributed by atoms with Gasteiger partial charge in [-0.3, -0.25) is 4.79 Å². The maximum absolute atomic E-state index is 12.4. The molecule has 1 heterocycles. The number of carbonyl (C=O) groups is 1. The van der Waals surface area contributed by atoms with Crippen LogP contribution in [0.1, 0.15) is 23.4 Å². The van der Waals surface area contributed by atoms with Gasteiger partial charge in [0.25, 0.3) is 0 Å². The molecule has 1 unspecified atom stereocenters. The lowest BCUT2D eigenvalue weighted by Crippen LogP contribution is -2.35. The minimum absolute atomic E-state index is 0.0937. The van der Waals surface area contributed by atoms with Gasteiger partial charge in [0.15, 0.2) is 0 Å². The minimum atomic E-state index is -0.603. The van der Waals surface area contributed by atoms with Crippen molar-refractivity contribution in [1.29, 1.82) is 0 Å². The van der Waals surface area contributed by atoms with Gasteiger partial charge in [-0.25, -0.2) is 0 Å². The number of thiophene rings is 1. The average Bonchev–Trinajstić information content (AvgIpc) is 3.02. The van der Waals surface area contributed by atoms with Crippen LogP contribution < -0.4 is 10.5 Å². The Morgan fingerprint density at radius 1 is 1.33 bits per heavy atom. The quantitative estimate of drug-likeness (QED) is 0.893. The summed E-state index contributed by atoms with van der Waals surface area (Å²) in [6.45, 7) is 3.02. The third kappa shape index (κ3) is 3.83. The molecule has 0 spiro atoms. The standard InChI is InChI=1S/C16H20N2O2S/c1-3-20-13-8-5-4-7-12(13)11-18(2)16(19)15(17)14-9-6-10-21-14/h4-10,15H,3,11,17H2,1-2H3. The second-order valence-corrected chi connectivity index (χ2v) is 5.71. The molecular weight excluding hydrogens is 284 g/mol. The molecule has 5 heteroatoms. The Balaban J connectivity index is 2.07. The first-order valence-electron chi connectivity index (χ1n) is 6.88. The lowest BCUT2D eigenvalue weighted by Gasteiger charge is -2.22. The van der Waals surface area contributed by atoms with Crippen molar-refractivity contribution in [2.24, 2.45) is 5.73 Å². The summed E-state index contributed by atoms with van der Waals surface area (Å²) in [5.41, 5.74) is 7.00. The van der Waals surface area contributed by atoms with E-state index in [4.69, 9.17) is 10.5 Å². The Hall–Kier alpha value is -1.85. The van der Waals surface area contributed by atoms with Crippen molar-refractivity contribution in [3.63, 3.8) is 0 Å². The van der Waals surface area contributed by atoms with Crippen LogP contribution in [0.15, 0.2) is 41.8 Å². The van der Waals surface area contributed by atoms with E-state index in [2.05, 4.69) is 0 Å². The Morgan fingerprint density at radius 2 is 2.10 bits per heavy atom. The van der Waals surface area contributed by atoms with Crippen LogP contribution in [0, 0.1) is 0 Å². The predicted molar refractivity (Wildman–Crippen MR) is 85.3 cm³/mol. The largest absolute Gasteiger partial charge is 0.494 e. The highest BCUT2D eigenvalue weighted by Gasteiger charge is 2.21. The van der Waals surface area contributed by atoms with Crippen LogP contribution >= 0.6 is 11.3 Å². The summed E-state index contributed by atoms with van der Waals surface area (Å²) >= 11 is 1.50. The number of carbonyl (C=O) groups excluding carboxylic acids is 1. The van der Waals surface area contributed by atoms with E-state index in [0.29, 0.717) is 13.2 Å². The summed E-state index contributed by atoms with van der Waals surface area (Å²) in [4.78, 5) is 14.9. The Morgan fingerprint density at radius 3 is 2.76 bits per heavy atom. The van der Waals surface area contributed by atoms with Gasteiger partial charge >= 0.3 is 0 Å². The van der Waals surface area contributed by atoms with Gasteiger partial charge in [-0.2, -0.15) is 0 Å². The number of nitrogens with two attached hydrogens (primary N) is 1. The number of ether oxygens (including phenoxy) is 1. The lowest BCUT2D eigenvalue weighted by molar-refractivity contribution is -0.131. The van der Waals surface area contributed by atoms with Crippen molar-refractivity contribution < 1.29 is 9.53 Å². The molecule has 0 saturated carbocycles. The van der Waals surface area contributed by atoms with E-state index in [1.165, 1.54) is 11.3 Å². The van der Waals surface area contributed by atoms with Crippen LogP contribution in [0.3, 0.4) is 0 Å². The number of amides is 1. The van der Waals surface area contributed by atoms with E-state index in [0.717, 1.165) is 16.2 Å². The Kier molecular flexibility index (Phi) is 5.36. The van der Waals surface area contributed by atoms with Gasteiger partial charge in [0, 0.05) is 24.0 Å². The molecule has 0 bridgehead atoms. The zero-order valence-electron chi connectivity index (χ0n) is 12.3. The fourth-order valence-electron chi connectivity index (χ4n) is 2.09. The summed E-state index contributed by atoms with van der Waals surface area (Å²) in [6.07, 6.45) is 0. The first-order chi connectivity index (χ1) is 10.1. The average molecular weight is 304 g/mol. The van der Waals surface area contributed by atoms with Gasteiger partial charge in [-0.05, 0) is 24.4 Å². The number of hydrogen-bond acceptors (Lipinski definition) is 4. The highest BCUT2D eigenvalue weighted by molar-refractivity contribution is 7.10. The molecule has 0 aliphatic carbocycles. The van der Waals surface area contributed by atoms with E-state index < -0.39 is 6.04 Å². The Labute approximate surface area is 129 Å². The van der Waals surface area contributed by atoms with Gasteiger partial charge in [0.1, 0.15) is 11.8 Å². The second kappa shape index (κ2) is 7.24. The number of para-hydroxylation sites is 1. The van der Waals surface area contributed by atoms with Crippen molar-refractivity contribution in [2.75, 3.05) is 13.7 Å². The van der Waals surface area contributed by atoms with Crippen LogP contribution in [0.2, 0.25) is 0 Å². The van der Waals surface area contributed by atoms with Gasteiger partial charge in [-0.15, -0.1) is 11.3 Å². The van der Waals surface area contributed by atoms with Crippen molar-refractivity contribution in [2.45, 2.75) is 19.5 Å². The van der Waals surface area contributed by atoms with Crippen LogP contribution in [-0.4, -0.2) is 24.5 Å². The highest BCUT2D eigenvalue weighted by atomic mass is 32.1. The van der Waals surface area contributed by atoms with Crippen LogP contribution in [0.4, 0.5) is 0 Å². The molecule has 0 aliphatic heterocycles. The van der Waals surface area contributed by atoms with Crippen molar-refractivity contribution >= 4 is 17.2 Å². The monoisotopic (exact) mass is 304 g/mol. The first kappa shape index (κ1) is 15.5. The molecule has 0 radical (unpaired) electrons. The van der Waals surface area contributed by atoms with E-state index >= 15 is 0 Å². The Bertz CT molecular complexity index is 584. The third-order valence-corrected chi connectivity index (χ3v) is 4.13. The number of benzene rings is 1. The molecule has 1 atom stereocenters. The summed E-state index contributed by atoms with van der Waals surface area (Å²) in [5, 5.41) is 1.92. The maximum atomic E-state index is 12.4. The summed E-state index contributed by atoms with van der Waals surface area (Å²) < 4.78 is 5.58. The zero-order valence-corrected chi connectivity index (χ0v) is 13.1. The minimum Gasteiger partial charge on any atom is -0.494 e. The van der Waals surface area contributed by atoms with E-state index in [9.17, 15) is 4.79 Å². The van der Waals surface area contributed by atoms with Crippen LogP contribution in [0.5, 0.6) is 5.75 Å². The molecule has 2 N–H and O–H groups in total. The second-order valence-electron chi connectivity index (χ2n) is 4.73. The topological polar surface area (TPSA) is 55.6 Å². The molecule has 2 rings (SSSR count). The molecule has 1 aromatic heterocycles. The molecule has 1 amide bonds. The van der Waals surface area contributed by atoms with Gasteiger partial charge in [0.2, 0.25) is 5.91 Å². The predicted octanol–water partition coefficient (Wildman–Crippen LogP) is 2.81. The van der Waals surface area contributed by atoms with Crippen LogP contribution in [-0.2, 0) is 11.3 Å². The molecule has 112 valence electrons. The lowest BCUT2D eigenvalue weighted by atomic mass is 10.1. The van der Waals surface area contributed by atoms with E-state index in [-0.39, 0.29) is 5.91 Å². The first-order valence-corrected chi connectivity index (χ1v) is 7.76. The highest BCUT2D eigenvalue weighted by Crippen LogP contribution is 2.22. The third-order valence-electron chi connectivity index (χ3n) is 3.17. The number of rotatable bonds is 6. The van der Waals surface area contributed by atoms with E-state index in [1.807, 2.05) is 48.7 Å². The maximum Gasteiger partial charge on any atom is 0.244 e. The van der Waals surface area contributed by atoms with Gasteiger partial charge in [0.05, 0.1) is 6.61 Å². The summed E-state index contributed by atoms with van der Waals surface area (Å²) in [7, 11) is 1.76. The van der Waals surface area contributed by atoms with Crippen LogP contribution in [0.25, 0.3) is 0 Å². The molecule has 0 aliphatic rings. The molecule has 1 aromatic carbocycles. The number of hydrogen-bond donors (Lipinski definition) is 1. The molecule has 4 nitrogen and oxygen atoms in total. The van der Waals surface area contributed by atoms with Crippen molar-refractivity contribution in [3.05, 3.63) is 52.2 Å². The van der Waals surface area contributed by atoms with E-state index in [1.54, 1.807) is 11.9 Å². The zero-order chi connectivity index (χ0) is 15.2. The SMILES string of the molecule is CCOc1ccccc1CN(C)C(=O)C(N)c1cccs1. The number of likely N-dealkylation sites (N-methyl/N-ethyl adjacent to an activating group) is 1. The summed E-state index contributed by atoms with van der Waals surface area (Å²) in [6, 6.07) is 10.9. The van der Waals surface area contributed by atoms with Gasteiger partial charge < -0.3 is 15.4 Å². The number of nitrogens with zero attached hydrogens (tertiary/aromatic N) is 1. The van der Waals surface area contributed by atoms with Crippen molar-refractivity contribution in [3.8, 4) is 5.75 Å². The molecule has 0 saturated heterocycles. The normalized spacial score (nSPS) is 12.0. The molecular formula is C16H20N2O2S. The molecule has 2 aromatic rings. The fraction of sp³-hybridized carbons (Fsp3) is 0.312. The van der Waals surface area contributed by atoms with Crippen molar-refractivity contribution in [1.82, 2.24) is 4.90 Å². The van der Waals surface area contributed by atoms with Gasteiger partial charge in [-0.1, -0.05) is 24.3 Å². The molecule has 0 fully saturated rings. The smallest absolute Gasteiger partial charge is 0.244 e. The summed E-state index contributed by atoms with van der Waals surface area (Å²) in [5.74, 6) is 0.716.